The zero-order valence-corrected chi connectivity index (χ0v) is 18.3. The van der Waals surface area contributed by atoms with Crippen LogP contribution in [0.3, 0.4) is 0 Å². The van der Waals surface area contributed by atoms with Crippen LogP contribution in [0.4, 0.5) is 11.4 Å². The van der Waals surface area contributed by atoms with Crippen LogP contribution < -0.4 is 14.8 Å². The summed E-state index contributed by atoms with van der Waals surface area (Å²) in [6, 6.07) is 16.2. The number of hydrogen-bond acceptors (Lipinski definition) is 4. The summed E-state index contributed by atoms with van der Waals surface area (Å²) in [5, 5.41) is 2.74. The Morgan fingerprint density at radius 3 is 2.37 bits per heavy atom. The van der Waals surface area contributed by atoms with Crippen LogP contribution in [0.2, 0.25) is 5.02 Å². The Morgan fingerprint density at radius 2 is 1.70 bits per heavy atom. The maximum absolute atomic E-state index is 12.9. The van der Waals surface area contributed by atoms with E-state index in [-0.39, 0.29) is 15.5 Å². The van der Waals surface area contributed by atoms with Crippen LogP contribution in [0.25, 0.3) is 0 Å². The number of nitrogens with one attached hydrogen (secondary N) is 2. The van der Waals surface area contributed by atoms with Gasteiger partial charge in [0.05, 0.1) is 17.8 Å². The van der Waals surface area contributed by atoms with Gasteiger partial charge in [-0.15, -0.1) is 0 Å². The standard InChI is InChI=1S/C22H21ClN2O4S/c1-14-5-4-6-20(15(14)2)25-30(27,28)21-13-16(7-12-19(21)23)22(26)24-17-8-10-18(29-3)11-9-17/h4-13,25H,1-3H3,(H,24,26). The zero-order chi connectivity index (χ0) is 21.9. The highest BCUT2D eigenvalue weighted by atomic mass is 35.5. The van der Waals surface area contributed by atoms with Crippen molar-refractivity contribution in [2.24, 2.45) is 0 Å². The van der Waals surface area contributed by atoms with Crippen molar-refractivity contribution in [3.8, 4) is 5.75 Å². The molecule has 156 valence electrons. The number of rotatable bonds is 6. The molecule has 0 aliphatic carbocycles. The summed E-state index contributed by atoms with van der Waals surface area (Å²) >= 11 is 6.15. The summed E-state index contributed by atoms with van der Waals surface area (Å²) in [4.78, 5) is 12.4. The van der Waals surface area contributed by atoms with Crippen LogP contribution in [0.15, 0.2) is 65.6 Å². The Hall–Kier alpha value is -3.03. The predicted octanol–water partition coefficient (Wildman–Crippen LogP) is 5.02. The summed E-state index contributed by atoms with van der Waals surface area (Å²) in [7, 11) is -2.45. The van der Waals surface area contributed by atoms with E-state index in [1.54, 1.807) is 43.5 Å². The molecule has 0 saturated heterocycles. The second kappa shape index (κ2) is 8.77. The molecule has 30 heavy (non-hydrogen) atoms. The van der Waals surface area contributed by atoms with Gasteiger partial charge >= 0.3 is 0 Å². The molecule has 0 aliphatic heterocycles. The lowest BCUT2D eigenvalue weighted by Crippen LogP contribution is -2.17. The first-order chi connectivity index (χ1) is 14.2. The van der Waals surface area contributed by atoms with Crippen LogP contribution in [0.1, 0.15) is 21.5 Å². The fourth-order valence-electron chi connectivity index (χ4n) is 2.79. The summed E-state index contributed by atoms with van der Waals surface area (Å²) in [5.41, 5.74) is 2.93. The number of hydrogen-bond donors (Lipinski definition) is 2. The van der Waals surface area contributed by atoms with Gasteiger partial charge in [0, 0.05) is 11.3 Å². The number of carbonyl (C=O) groups is 1. The summed E-state index contributed by atoms with van der Waals surface area (Å²) in [6.07, 6.45) is 0. The molecular weight excluding hydrogens is 424 g/mol. The Labute approximate surface area is 180 Å². The van der Waals surface area contributed by atoms with Crippen molar-refractivity contribution in [1.29, 1.82) is 0 Å². The monoisotopic (exact) mass is 444 g/mol. The number of aryl methyl sites for hydroxylation is 1. The van der Waals surface area contributed by atoms with Crippen molar-refractivity contribution in [1.82, 2.24) is 0 Å². The lowest BCUT2D eigenvalue weighted by Gasteiger charge is -2.14. The van der Waals surface area contributed by atoms with Crippen LogP contribution in [0.5, 0.6) is 5.75 Å². The van der Waals surface area contributed by atoms with Gasteiger partial charge in [0.15, 0.2) is 0 Å². The highest BCUT2D eigenvalue weighted by Crippen LogP contribution is 2.27. The minimum atomic E-state index is -4.00. The minimum Gasteiger partial charge on any atom is -0.497 e. The number of halogens is 1. The summed E-state index contributed by atoms with van der Waals surface area (Å²) in [6.45, 7) is 3.72. The minimum absolute atomic E-state index is 0.0220. The molecule has 0 aliphatic rings. The Bertz CT molecular complexity index is 1190. The van der Waals surface area contributed by atoms with E-state index in [9.17, 15) is 13.2 Å². The third-order valence-corrected chi connectivity index (χ3v) is 6.53. The number of anilines is 2. The van der Waals surface area contributed by atoms with E-state index >= 15 is 0 Å². The van der Waals surface area contributed by atoms with Crippen molar-refractivity contribution in [3.63, 3.8) is 0 Å². The SMILES string of the molecule is COc1ccc(NC(=O)c2ccc(Cl)c(S(=O)(=O)Nc3cccc(C)c3C)c2)cc1. The molecule has 0 heterocycles. The largest absolute Gasteiger partial charge is 0.497 e. The van der Waals surface area contributed by atoms with Gasteiger partial charge in [0.2, 0.25) is 0 Å². The maximum Gasteiger partial charge on any atom is 0.263 e. The first kappa shape index (κ1) is 21.7. The van der Waals surface area contributed by atoms with E-state index in [4.69, 9.17) is 16.3 Å². The second-order valence-corrected chi connectivity index (χ2v) is 8.74. The van der Waals surface area contributed by atoms with E-state index in [0.29, 0.717) is 17.1 Å². The molecule has 0 atom stereocenters. The third-order valence-electron chi connectivity index (χ3n) is 4.68. The number of benzene rings is 3. The Morgan fingerprint density at radius 1 is 1.00 bits per heavy atom. The van der Waals surface area contributed by atoms with Crippen molar-refractivity contribution in [2.75, 3.05) is 17.1 Å². The molecule has 0 unspecified atom stereocenters. The second-order valence-electron chi connectivity index (χ2n) is 6.68. The number of carbonyl (C=O) groups excluding carboxylic acids is 1. The smallest absolute Gasteiger partial charge is 0.263 e. The Kier molecular flexibility index (Phi) is 6.34. The van der Waals surface area contributed by atoms with Crippen LogP contribution in [-0.2, 0) is 10.0 Å². The van der Waals surface area contributed by atoms with Gasteiger partial charge in [-0.25, -0.2) is 8.42 Å². The van der Waals surface area contributed by atoms with Gasteiger partial charge in [-0.3, -0.25) is 9.52 Å². The van der Waals surface area contributed by atoms with Crippen molar-refractivity contribution in [2.45, 2.75) is 18.7 Å². The lowest BCUT2D eigenvalue weighted by molar-refractivity contribution is 0.102. The van der Waals surface area contributed by atoms with E-state index in [1.165, 1.54) is 18.2 Å². The molecular formula is C22H21ClN2O4S. The van der Waals surface area contributed by atoms with E-state index < -0.39 is 15.9 Å². The van der Waals surface area contributed by atoms with Gasteiger partial charge in [0.1, 0.15) is 10.6 Å². The van der Waals surface area contributed by atoms with E-state index in [1.807, 2.05) is 19.9 Å². The number of methoxy groups -OCH3 is 1. The molecule has 0 saturated carbocycles. The fraction of sp³-hybridized carbons (Fsp3) is 0.136. The highest BCUT2D eigenvalue weighted by molar-refractivity contribution is 7.92. The summed E-state index contributed by atoms with van der Waals surface area (Å²) < 4.78 is 33.5. The topological polar surface area (TPSA) is 84.5 Å². The van der Waals surface area contributed by atoms with E-state index in [0.717, 1.165) is 11.1 Å². The predicted molar refractivity (Wildman–Crippen MR) is 119 cm³/mol. The lowest BCUT2D eigenvalue weighted by atomic mass is 10.1. The van der Waals surface area contributed by atoms with Gasteiger partial charge in [-0.05, 0) is 73.5 Å². The molecule has 3 rings (SSSR count). The summed E-state index contributed by atoms with van der Waals surface area (Å²) in [5.74, 6) is 0.199. The quantitative estimate of drug-likeness (QED) is 0.559. The molecule has 0 radical (unpaired) electrons. The fourth-order valence-corrected chi connectivity index (χ4v) is 4.44. The van der Waals surface area contributed by atoms with Gasteiger partial charge in [-0.2, -0.15) is 0 Å². The third kappa shape index (κ3) is 4.75. The highest BCUT2D eigenvalue weighted by Gasteiger charge is 2.21. The number of sulfonamides is 1. The van der Waals surface area contributed by atoms with Crippen LogP contribution in [0, 0.1) is 13.8 Å². The van der Waals surface area contributed by atoms with Crippen molar-refractivity contribution < 1.29 is 17.9 Å². The van der Waals surface area contributed by atoms with Crippen LogP contribution in [-0.4, -0.2) is 21.4 Å². The molecule has 3 aromatic rings. The van der Waals surface area contributed by atoms with Gasteiger partial charge in [0.25, 0.3) is 15.9 Å². The molecule has 0 fully saturated rings. The van der Waals surface area contributed by atoms with Crippen molar-refractivity contribution in [3.05, 3.63) is 82.4 Å². The number of ether oxygens (including phenoxy) is 1. The van der Waals surface area contributed by atoms with Crippen molar-refractivity contribution >= 4 is 38.9 Å². The normalized spacial score (nSPS) is 11.1. The van der Waals surface area contributed by atoms with Gasteiger partial charge in [-0.1, -0.05) is 23.7 Å². The first-order valence-electron chi connectivity index (χ1n) is 9.05. The molecule has 1 amide bonds. The average molecular weight is 445 g/mol. The molecule has 0 spiro atoms. The molecule has 2 N–H and O–H groups in total. The first-order valence-corrected chi connectivity index (χ1v) is 10.9. The van der Waals surface area contributed by atoms with E-state index in [2.05, 4.69) is 10.0 Å². The Balaban J connectivity index is 1.88. The van der Waals surface area contributed by atoms with Crippen LogP contribution >= 0.6 is 11.6 Å². The molecule has 0 aromatic heterocycles. The maximum atomic E-state index is 12.9. The molecule has 3 aromatic carbocycles. The zero-order valence-electron chi connectivity index (χ0n) is 16.7. The average Bonchev–Trinajstić information content (AvgIpc) is 2.72. The van der Waals surface area contributed by atoms with Gasteiger partial charge < -0.3 is 10.1 Å². The molecule has 8 heteroatoms. The molecule has 0 bridgehead atoms. The molecule has 6 nitrogen and oxygen atoms in total. The number of amides is 1.